The number of aromatic nitrogens is 1. The highest BCUT2D eigenvalue weighted by atomic mass is 32.2. The Bertz CT molecular complexity index is 830. The van der Waals surface area contributed by atoms with Gasteiger partial charge in [0.05, 0.1) is 4.91 Å². The number of benzene rings is 1. The lowest BCUT2D eigenvalue weighted by Gasteiger charge is -2.13. The quantitative estimate of drug-likeness (QED) is 0.668. The van der Waals surface area contributed by atoms with E-state index in [1.807, 2.05) is 30.3 Å². The van der Waals surface area contributed by atoms with Gasteiger partial charge in [-0.15, -0.1) is 0 Å². The van der Waals surface area contributed by atoms with E-state index in [0.717, 1.165) is 5.56 Å². The maximum atomic E-state index is 12.4. The van der Waals surface area contributed by atoms with Crippen LogP contribution in [0.25, 0.3) is 6.08 Å². The Morgan fingerprint density at radius 2 is 2.17 bits per heavy atom. The monoisotopic (exact) mass is 359 g/mol. The Balaban J connectivity index is 1.68. The van der Waals surface area contributed by atoms with Crippen LogP contribution in [0.2, 0.25) is 0 Å². The zero-order valence-corrected chi connectivity index (χ0v) is 14.3. The highest BCUT2D eigenvalue weighted by Gasteiger charge is 2.33. The van der Waals surface area contributed by atoms with Gasteiger partial charge in [-0.3, -0.25) is 14.5 Å². The second-order valence-electron chi connectivity index (χ2n) is 5.05. The first-order chi connectivity index (χ1) is 11.5. The summed E-state index contributed by atoms with van der Waals surface area (Å²) in [4.78, 5) is 26.3. The normalized spacial score (nSPS) is 16.0. The molecule has 2 amide bonds. The number of nitrogens with one attached hydrogen (secondary N) is 1. The van der Waals surface area contributed by atoms with E-state index in [9.17, 15) is 9.59 Å². The molecule has 2 heterocycles. The number of carbonyl (C=O) groups excluding carboxylic acids is 2. The minimum Gasteiger partial charge on any atom is -0.360 e. The third-order valence-corrected chi connectivity index (χ3v) is 4.55. The third-order valence-electron chi connectivity index (χ3n) is 3.17. The zero-order valence-electron chi connectivity index (χ0n) is 12.7. The molecule has 1 aromatic heterocycles. The largest absolute Gasteiger partial charge is 0.360 e. The van der Waals surface area contributed by atoms with Gasteiger partial charge in [-0.05, 0) is 18.6 Å². The second kappa shape index (κ2) is 6.98. The van der Waals surface area contributed by atoms with Crippen molar-refractivity contribution in [1.29, 1.82) is 0 Å². The average molecular weight is 359 g/mol. The highest BCUT2D eigenvalue weighted by molar-refractivity contribution is 8.26. The number of aryl methyl sites for hydroxylation is 1. The van der Waals surface area contributed by atoms with Crippen LogP contribution < -0.4 is 5.32 Å². The smallest absolute Gasteiger partial charge is 0.266 e. The van der Waals surface area contributed by atoms with E-state index in [-0.39, 0.29) is 18.4 Å². The number of thiocarbonyl (C=S) groups is 1. The Morgan fingerprint density at radius 1 is 1.42 bits per heavy atom. The molecule has 1 saturated heterocycles. The summed E-state index contributed by atoms with van der Waals surface area (Å²) in [6.07, 6.45) is 1.76. The number of hydrogen-bond donors (Lipinski definition) is 1. The highest BCUT2D eigenvalue weighted by Crippen LogP contribution is 2.32. The van der Waals surface area contributed by atoms with Crippen molar-refractivity contribution in [2.45, 2.75) is 6.92 Å². The van der Waals surface area contributed by atoms with Crippen LogP contribution in [0.5, 0.6) is 0 Å². The van der Waals surface area contributed by atoms with Gasteiger partial charge >= 0.3 is 0 Å². The molecule has 2 aromatic rings. The third kappa shape index (κ3) is 3.72. The maximum Gasteiger partial charge on any atom is 0.266 e. The lowest BCUT2D eigenvalue weighted by atomic mass is 10.2. The fraction of sp³-hybridized carbons (Fsp3) is 0.125. The summed E-state index contributed by atoms with van der Waals surface area (Å²) in [7, 11) is 0. The van der Waals surface area contributed by atoms with E-state index in [0.29, 0.717) is 20.8 Å². The Morgan fingerprint density at radius 3 is 2.83 bits per heavy atom. The Kier molecular flexibility index (Phi) is 4.77. The number of hydrogen-bond acceptors (Lipinski definition) is 6. The fourth-order valence-electron chi connectivity index (χ4n) is 2.09. The molecule has 1 aromatic carbocycles. The number of carbonyl (C=O) groups is 2. The fourth-order valence-corrected chi connectivity index (χ4v) is 3.34. The van der Waals surface area contributed by atoms with Crippen molar-refractivity contribution >= 4 is 52.0 Å². The van der Waals surface area contributed by atoms with Gasteiger partial charge in [0.1, 0.15) is 16.6 Å². The van der Waals surface area contributed by atoms with Gasteiger partial charge in [0.25, 0.3) is 5.91 Å². The van der Waals surface area contributed by atoms with E-state index in [1.165, 1.54) is 16.7 Å². The van der Waals surface area contributed by atoms with E-state index in [1.54, 1.807) is 19.1 Å². The Hall–Kier alpha value is -2.45. The molecule has 1 N–H and O–H groups in total. The van der Waals surface area contributed by atoms with E-state index >= 15 is 0 Å². The van der Waals surface area contributed by atoms with Crippen LogP contribution in [0.3, 0.4) is 0 Å². The summed E-state index contributed by atoms with van der Waals surface area (Å²) in [6, 6.07) is 11.1. The lowest BCUT2D eigenvalue weighted by molar-refractivity contribution is -0.126. The molecule has 0 spiro atoms. The summed E-state index contributed by atoms with van der Waals surface area (Å²) < 4.78 is 5.23. The van der Waals surface area contributed by atoms with Crippen LogP contribution in [0.15, 0.2) is 45.8 Å². The van der Waals surface area contributed by atoms with Crippen molar-refractivity contribution in [1.82, 2.24) is 10.1 Å². The molecular weight excluding hydrogens is 346 g/mol. The second-order valence-corrected chi connectivity index (χ2v) is 6.73. The van der Waals surface area contributed by atoms with Gasteiger partial charge in [0.15, 0.2) is 5.82 Å². The molecule has 1 aliphatic rings. The molecule has 0 unspecified atom stereocenters. The maximum absolute atomic E-state index is 12.4. The van der Waals surface area contributed by atoms with Crippen molar-refractivity contribution in [3.05, 3.63) is 52.6 Å². The number of nitrogens with zero attached hydrogens (tertiary/aromatic N) is 2. The first-order valence-corrected chi connectivity index (χ1v) is 8.29. The van der Waals surface area contributed by atoms with Crippen LogP contribution in [-0.2, 0) is 9.59 Å². The van der Waals surface area contributed by atoms with Crippen molar-refractivity contribution in [2.75, 3.05) is 11.9 Å². The van der Waals surface area contributed by atoms with Gasteiger partial charge in [-0.25, -0.2) is 0 Å². The van der Waals surface area contributed by atoms with E-state index in [4.69, 9.17) is 16.7 Å². The summed E-state index contributed by atoms with van der Waals surface area (Å²) in [5.74, 6) is 0.227. The van der Waals surface area contributed by atoms with E-state index in [2.05, 4.69) is 10.5 Å². The van der Waals surface area contributed by atoms with Gasteiger partial charge in [0, 0.05) is 6.07 Å². The SMILES string of the molecule is Cc1cc(NC(=O)CN2C(=O)/C(=C/c3ccccc3)SC2=S)no1. The molecule has 0 saturated carbocycles. The van der Waals surface area contributed by atoms with Gasteiger partial charge < -0.3 is 9.84 Å². The van der Waals surface area contributed by atoms with E-state index < -0.39 is 0 Å². The summed E-state index contributed by atoms with van der Waals surface area (Å²) in [5, 5.41) is 6.25. The van der Waals surface area contributed by atoms with Crippen LogP contribution >= 0.6 is 24.0 Å². The van der Waals surface area contributed by atoms with Crippen LogP contribution in [0.1, 0.15) is 11.3 Å². The standard InChI is InChI=1S/C16H13N3O3S2/c1-10-7-13(18-22-10)17-14(20)9-19-15(21)12(24-16(19)23)8-11-5-3-2-4-6-11/h2-8H,9H2,1H3,(H,17,18,20)/b12-8-. The molecule has 0 atom stereocenters. The van der Waals surface area contributed by atoms with Crippen LogP contribution in [0.4, 0.5) is 5.82 Å². The molecular formula is C16H13N3O3S2. The van der Waals surface area contributed by atoms with Crippen molar-refractivity contribution in [3.8, 4) is 0 Å². The molecule has 0 radical (unpaired) electrons. The number of thioether (sulfide) groups is 1. The van der Waals surface area contributed by atoms with Crippen molar-refractivity contribution in [2.24, 2.45) is 0 Å². The summed E-state index contributed by atoms with van der Waals surface area (Å²) >= 11 is 6.39. The topological polar surface area (TPSA) is 75.4 Å². The molecule has 122 valence electrons. The average Bonchev–Trinajstić information content (AvgIpc) is 3.07. The van der Waals surface area contributed by atoms with Crippen LogP contribution in [0, 0.1) is 6.92 Å². The predicted molar refractivity (Wildman–Crippen MR) is 96.2 cm³/mol. The number of rotatable bonds is 4. The zero-order chi connectivity index (χ0) is 17.1. The number of anilines is 1. The molecule has 8 heteroatoms. The first-order valence-electron chi connectivity index (χ1n) is 7.06. The van der Waals surface area contributed by atoms with Gasteiger partial charge in [-0.2, -0.15) is 0 Å². The van der Waals surface area contributed by atoms with Crippen LogP contribution in [-0.4, -0.2) is 32.7 Å². The molecule has 0 bridgehead atoms. The van der Waals surface area contributed by atoms with Crippen molar-refractivity contribution in [3.63, 3.8) is 0 Å². The molecule has 3 rings (SSSR count). The number of amides is 2. The molecule has 0 aliphatic carbocycles. The minimum absolute atomic E-state index is 0.164. The van der Waals surface area contributed by atoms with Gasteiger partial charge in [0.2, 0.25) is 5.91 Å². The Labute approximate surface area is 147 Å². The lowest BCUT2D eigenvalue weighted by Crippen LogP contribution is -2.36. The molecule has 1 fully saturated rings. The summed E-state index contributed by atoms with van der Waals surface area (Å²) in [5.41, 5.74) is 0.903. The molecule has 6 nitrogen and oxygen atoms in total. The predicted octanol–water partition coefficient (Wildman–Crippen LogP) is 2.82. The molecule has 1 aliphatic heterocycles. The first kappa shape index (κ1) is 16.4. The van der Waals surface area contributed by atoms with Gasteiger partial charge in [-0.1, -0.05) is 59.5 Å². The molecule has 24 heavy (non-hydrogen) atoms. The van der Waals surface area contributed by atoms with Crippen molar-refractivity contribution < 1.29 is 14.1 Å². The minimum atomic E-state index is -0.388. The summed E-state index contributed by atoms with van der Waals surface area (Å²) in [6.45, 7) is 1.56.